The highest BCUT2D eigenvalue weighted by Crippen LogP contribution is 2.68. The van der Waals surface area contributed by atoms with Gasteiger partial charge >= 0.3 is 5.97 Å². The van der Waals surface area contributed by atoms with Gasteiger partial charge in [-0.3, -0.25) is 9.59 Å². The Bertz CT molecular complexity index is 1040. The molecule has 1 amide bonds. The lowest BCUT2D eigenvalue weighted by Crippen LogP contribution is -2.57. The van der Waals surface area contributed by atoms with Crippen molar-refractivity contribution >= 4 is 11.9 Å². The van der Waals surface area contributed by atoms with Crippen LogP contribution in [0.15, 0.2) is 23.3 Å². The summed E-state index contributed by atoms with van der Waals surface area (Å²) >= 11 is 0. The number of esters is 1. The number of carbonyl (C=O) groups is 2. The van der Waals surface area contributed by atoms with Crippen molar-refractivity contribution in [1.82, 2.24) is 0 Å². The molecule has 176 valence electrons. The van der Waals surface area contributed by atoms with Gasteiger partial charge in [0.1, 0.15) is 5.60 Å². The molecule has 0 bridgehead atoms. The molecule has 0 radical (unpaired) electrons. The van der Waals surface area contributed by atoms with Gasteiger partial charge in [0.25, 0.3) is 0 Å². The summed E-state index contributed by atoms with van der Waals surface area (Å²) in [6.45, 7) is 6.66. The van der Waals surface area contributed by atoms with Gasteiger partial charge in [-0.05, 0) is 110 Å². The van der Waals surface area contributed by atoms with Gasteiger partial charge in [0.2, 0.25) is 5.91 Å². The van der Waals surface area contributed by atoms with E-state index in [1.807, 2.05) is 12.1 Å². The molecule has 5 rings (SSSR count). The van der Waals surface area contributed by atoms with E-state index in [-0.39, 0.29) is 22.4 Å². The maximum absolute atomic E-state index is 13.3. The molecular formula is C27H35N3O3. The van der Waals surface area contributed by atoms with Crippen molar-refractivity contribution < 1.29 is 14.3 Å². The Balaban J connectivity index is 1.41. The number of fused-ring (bicyclic) bond motifs is 6. The number of amides is 1. The molecule has 33 heavy (non-hydrogen) atoms. The van der Waals surface area contributed by atoms with E-state index in [0.29, 0.717) is 23.3 Å². The first kappa shape index (κ1) is 22.5. The van der Waals surface area contributed by atoms with Crippen LogP contribution in [0, 0.1) is 22.7 Å². The van der Waals surface area contributed by atoms with Crippen LogP contribution in [-0.4, -0.2) is 17.5 Å². The Hall–Kier alpha value is -2.33. The van der Waals surface area contributed by atoms with Gasteiger partial charge in [-0.25, -0.2) is 0 Å². The molecule has 1 aromatic carbocycles. The lowest BCUT2D eigenvalue weighted by atomic mass is 9.52. The summed E-state index contributed by atoms with van der Waals surface area (Å²) in [6, 6.07) is 5.85. The van der Waals surface area contributed by atoms with Crippen LogP contribution in [0.3, 0.4) is 0 Å². The van der Waals surface area contributed by atoms with Crippen LogP contribution in [0.1, 0.15) is 106 Å². The number of rotatable bonds is 3. The number of carbonyl (C=O) groups excluding carboxylic acids is 2. The zero-order valence-electron chi connectivity index (χ0n) is 20.1. The summed E-state index contributed by atoms with van der Waals surface area (Å²) in [4.78, 5) is 27.9. The van der Waals surface area contributed by atoms with Crippen LogP contribution in [0.5, 0.6) is 0 Å². The fraction of sp³-hybridized carbons (Fsp3) is 0.704. The molecular weight excluding hydrogens is 414 g/mol. The minimum absolute atomic E-state index is 0.0480. The molecule has 2 saturated carbocycles. The zero-order valence-corrected chi connectivity index (χ0v) is 20.1. The van der Waals surface area contributed by atoms with E-state index in [9.17, 15) is 9.59 Å². The highest BCUT2D eigenvalue weighted by Gasteiger charge is 2.66. The molecule has 6 heteroatoms. The van der Waals surface area contributed by atoms with Gasteiger partial charge in [0.15, 0.2) is 0 Å². The van der Waals surface area contributed by atoms with E-state index in [2.05, 4.69) is 36.9 Å². The van der Waals surface area contributed by atoms with Crippen molar-refractivity contribution in [3.8, 4) is 0 Å². The number of azide groups is 1. The number of aryl methyl sites for hydroxylation is 1. The largest absolute Gasteiger partial charge is 0.458 e. The van der Waals surface area contributed by atoms with Gasteiger partial charge in [-0.15, -0.1) is 0 Å². The molecule has 1 spiro atoms. The van der Waals surface area contributed by atoms with Crippen molar-refractivity contribution in [2.45, 2.75) is 96.5 Å². The van der Waals surface area contributed by atoms with Crippen LogP contribution in [0.2, 0.25) is 0 Å². The smallest absolute Gasteiger partial charge is 0.312 e. The molecule has 1 heterocycles. The Kier molecular flexibility index (Phi) is 5.36. The van der Waals surface area contributed by atoms with E-state index >= 15 is 0 Å². The summed E-state index contributed by atoms with van der Waals surface area (Å²) in [5, 5.41) is 3.25. The fourth-order valence-electron chi connectivity index (χ4n) is 8.26. The summed E-state index contributed by atoms with van der Waals surface area (Å²) < 4.78 is 6.50. The second-order valence-electron chi connectivity index (χ2n) is 11.2. The topological polar surface area (TPSA) is 92.1 Å². The van der Waals surface area contributed by atoms with Crippen molar-refractivity contribution in [2.75, 3.05) is 0 Å². The van der Waals surface area contributed by atoms with E-state index in [4.69, 9.17) is 10.3 Å². The summed E-state index contributed by atoms with van der Waals surface area (Å²) in [5.74, 6) is 1.20. The van der Waals surface area contributed by atoms with E-state index in [1.54, 1.807) is 0 Å². The molecule has 4 aliphatic rings. The molecule has 5 unspecified atom stereocenters. The number of nitrogens with zero attached hydrogens (tertiary/aromatic N) is 3. The van der Waals surface area contributed by atoms with Gasteiger partial charge in [0.05, 0.1) is 5.41 Å². The third kappa shape index (κ3) is 3.10. The molecule has 1 saturated heterocycles. The van der Waals surface area contributed by atoms with Crippen molar-refractivity contribution in [3.05, 3.63) is 45.3 Å². The summed E-state index contributed by atoms with van der Waals surface area (Å²) in [5.41, 5.74) is 11.1. The fourth-order valence-corrected chi connectivity index (χ4v) is 8.26. The molecule has 0 N–H and O–H groups in total. The number of hydrogen-bond acceptors (Lipinski definition) is 3. The molecule has 3 fully saturated rings. The molecule has 3 aliphatic carbocycles. The normalized spacial score (nSPS) is 36.2. The first-order valence-corrected chi connectivity index (χ1v) is 12.8. The standard InChI is InChI=1S/C27H35N3O3/c1-4-26(5-2)14-15-27(33-24(26)32)13-11-22-21-9-6-17-16-18(23(31)29-30-28)7-8-19(17)20(21)10-12-25(22,27)3/h7-8,16,20-22H,4-6,9-15H2,1-3H3. The monoisotopic (exact) mass is 449 g/mol. The van der Waals surface area contributed by atoms with Crippen molar-refractivity contribution in [2.24, 2.45) is 27.8 Å². The minimum Gasteiger partial charge on any atom is -0.458 e. The van der Waals surface area contributed by atoms with Gasteiger partial charge in [-0.1, -0.05) is 32.9 Å². The van der Waals surface area contributed by atoms with Crippen LogP contribution >= 0.6 is 0 Å². The second-order valence-corrected chi connectivity index (χ2v) is 11.2. The average molecular weight is 450 g/mol. The van der Waals surface area contributed by atoms with Gasteiger partial charge in [-0.2, -0.15) is 0 Å². The number of hydrogen-bond donors (Lipinski definition) is 0. The average Bonchev–Trinajstić information content (AvgIpc) is 3.11. The molecule has 0 aromatic heterocycles. The molecule has 1 aromatic rings. The van der Waals surface area contributed by atoms with E-state index in [1.165, 1.54) is 11.1 Å². The SMILES string of the molecule is CCC1(CC)CCC2(CCC3C4CCc5cc(C(=O)N=[N+]=[N-])ccc5C4CCC32C)OC1=O. The highest BCUT2D eigenvalue weighted by molar-refractivity contribution is 5.95. The van der Waals surface area contributed by atoms with Crippen LogP contribution < -0.4 is 0 Å². The Labute approximate surface area is 196 Å². The van der Waals surface area contributed by atoms with Crippen LogP contribution in [0.4, 0.5) is 0 Å². The maximum Gasteiger partial charge on any atom is 0.312 e. The Morgan fingerprint density at radius 1 is 1.15 bits per heavy atom. The quantitative estimate of drug-likeness (QED) is 0.218. The molecule has 1 aliphatic heterocycles. The summed E-state index contributed by atoms with van der Waals surface area (Å²) in [6.07, 6.45) is 10.1. The van der Waals surface area contributed by atoms with Gasteiger partial charge in [0, 0.05) is 15.9 Å². The van der Waals surface area contributed by atoms with Crippen LogP contribution in [0.25, 0.3) is 10.4 Å². The van der Waals surface area contributed by atoms with Gasteiger partial charge < -0.3 is 4.74 Å². The molecule has 5 atom stereocenters. The molecule has 6 nitrogen and oxygen atoms in total. The van der Waals surface area contributed by atoms with Crippen molar-refractivity contribution in [3.63, 3.8) is 0 Å². The predicted molar refractivity (Wildman–Crippen MR) is 126 cm³/mol. The third-order valence-corrected chi connectivity index (χ3v) is 10.5. The Morgan fingerprint density at radius 2 is 1.94 bits per heavy atom. The zero-order chi connectivity index (χ0) is 23.4. The summed E-state index contributed by atoms with van der Waals surface area (Å²) in [7, 11) is 0. The number of benzene rings is 1. The van der Waals surface area contributed by atoms with E-state index in [0.717, 1.165) is 64.2 Å². The second kappa shape index (κ2) is 7.87. The third-order valence-electron chi connectivity index (χ3n) is 10.5. The maximum atomic E-state index is 13.3. The van der Waals surface area contributed by atoms with E-state index < -0.39 is 5.91 Å². The van der Waals surface area contributed by atoms with Crippen LogP contribution in [-0.2, 0) is 16.0 Å². The Morgan fingerprint density at radius 3 is 2.64 bits per heavy atom. The first-order chi connectivity index (χ1) is 15.8. The number of ether oxygens (including phenoxy) is 1. The first-order valence-electron chi connectivity index (χ1n) is 12.8. The lowest BCUT2D eigenvalue weighted by molar-refractivity contribution is -0.209. The van der Waals surface area contributed by atoms with Crippen molar-refractivity contribution in [1.29, 1.82) is 0 Å². The highest BCUT2D eigenvalue weighted by atomic mass is 16.6. The predicted octanol–water partition coefficient (Wildman–Crippen LogP) is 6.88. The lowest BCUT2D eigenvalue weighted by Gasteiger charge is -2.56. The minimum atomic E-state index is -0.509.